The van der Waals surface area contributed by atoms with E-state index in [0.717, 1.165) is 16.9 Å². The highest BCUT2D eigenvalue weighted by Crippen LogP contribution is 2.24. The Morgan fingerprint density at radius 2 is 1.78 bits per heavy atom. The standard InChI is InChI=1S/C21H22N4O2/c1-15-3-7-18(8-4-15)25-14-19(21(26)24-9-11-27-12-10-24)23-20(25)17-6-5-16(2)22-13-17/h3-8,13-14H,9-12H2,1-2H3. The van der Waals surface area contributed by atoms with Crippen molar-refractivity contribution in [2.45, 2.75) is 13.8 Å². The van der Waals surface area contributed by atoms with Crippen LogP contribution < -0.4 is 0 Å². The minimum Gasteiger partial charge on any atom is -0.378 e. The molecular weight excluding hydrogens is 340 g/mol. The molecule has 1 amide bonds. The van der Waals surface area contributed by atoms with Gasteiger partial charge in [-0.1, -0.05) is 17.7 Å². The molecule has 1 fully saturated rings. The van der Waals surface area contributed by atoms with Crippen LogP contribution >= 0.6 is 0 Å². The second-order valence-corrected chi connectivity index (χ2v) is 6.75. The van der Waals surface area contributed by atoms with Crippen molar-refractivity contribution in [2.75, 3.05) is 26.3 Å². The Balaban J connectivity index is 1.77. The summed E-state index contributed by atoms with van der Waals surface area (Å²) in [6.45, 7) is 6.33. The van der Waals surface area contributed by atoms with Crippen LogP contribution in [0.3, 0.4) is 0 Å². The first-order valence-corrected chi connectivity index (χ1v) is 9.08. The van der Waals surface area contributed by atoms with Gasteiger partial charge in [-0.05, 0) is 38.1 Å². The van der Waals surface area contributed by atoms with Crippen LogP contribution in [0.25, 0.3) is 17.1 Å². The van der Waals surface area contributed by atoms with E-state index < -0.39 is 0 Å². The summed E-state index contributed by atoms with van der Waals surface area (Å²) in [7, 11) is 0. The molecule has 1 aliphatic heterocycles. The lowest BCUT2D eigenvalue weighted by Gasteiger charge is -2.25. The molecule has 1 saturated heterocycles. The highest BCUT2D eigenvalue weighted by Gasteiger charge is 2.23. The number of morpholine rings is 1. The van der Waals surface area contributed by atoms with Gasteiger partial charge in [0, 0.05) is 42.4 Å². The lowest BCUT2D eigenvalue weighted by Crippen LogP contribution is -2.40. The van der Waals surface area contributed by atoms with Gasteiger partial charge in [-0.15, -0.1) is 0 Å². The molecule has 6 nitrogen and oxygen atoms in total. The first-order chi connectivity index (χ1) is 13.1. The molecular formula is C21H22N4O2. The second kappa shape index (κ2) is 7.32. The summed E-state index contributed by atoms with van der Waals surface area (Å²) in [5.74, 6) is 0.647. The number of hydrogen-bond donors (Lipinski definition) is 0. The predicted molar refractivity (Wildman–Crippen MR) is 103 cm³/mol. The number of imidazole rings is 1. The fourth-order valence-corrected chi connectivity index (χ4v) is 3.12. The van der Waals surface area contributed by atoms with Crippen molar-refractivity contribution in [1.29, 1.82) is 0 Å². The summed E-state index contributed by atoms with van der Waals surface area (Å²) < 4.78 is 7.31. The Morgan fingerprint density at radius 1 is 1.04 bits per heavy atom. The maximum atomic E-state index is 12.9. The first kappa shape index (κ1) is 17.4. The van der Waals surface area contributed by atoms with Crippen LogP contribution in [-0.2, 0) is 4.74 Å². The molecule has 1 aliphatic rings. The number of aromatic nitrogens is 3. The highest BCUT2D eigenvalue weighted by molar-refractivity contribution is 5.93. The number of carbonyl (C=O) groups excluding carboxylic acids is 1. The number of carbonyl (C=O) groups is 1. The zero-order valence-electron chi connectivity index (χ0n) is 15.6. The Kier molecular flexibility index (Phi) is 4.73. The molecule has 0 unspecified atom stereocenters. The molecule has 0 N–H and O–H groups in total. The molecule has 6 heteroatoms. The van der Waals surface area contributed by atoms with Gasteiger partial charge in [0.25, 0.3) is 5.91 Å². The summed E-state index contributed by atoms with van der Waals surface area (Å²) in [5, 5.41) is 0. The van der Waals surface area contributed by atoms with Gasteiger partial charge in [-0.25, -0.2) is 4.98 Å². The maximum absolute atomic E-state index is 12.9. The fourth-order valence-electron chi connectivity index (χ4n) is 3.12. The summed E-state index contributed by atoms with van der Waals surface area (Å²) in [4.78, 5) is 23.8. The summed E-state index contributed by atoms with van der Waals surface area (Å²) in [5.41, 5.74) is 4.40. The largest absolute Gasteiger partial charge is 0.378 e. The van der Waals surface area contributed by atoms with Crippen molar-refractivity contribution in [2.24, 2.45) is 0 Å². The summed E-state index contributed by atoms with van der Waals surface area (Å²) in [6.07, 6.45) is 3.61. The van der Waals surface area contributed by atoms with Crippen molar-refractivity contribution in [3.05, 3.63) is 65.7 Å². The number of ether oxygens (including phenoxy) is 1. The second-order valence-electron chi connectivity index (χ2n) is 6.75. The SMILES string of the molecule is Cc1ccc(-n2cc(C(=O)N3CCOCC3)nc2-c2ccc(C)nc2)cc1. The zero-order valence-corrected chi connectivity index (χ0v) is 15.6. The van der Waals surface area contributed by atoms with Gasteiger partial charge in [-0.3, -0.25) is 14.3 Å². The molecule has 1 aromatic carbocycles. The highest BCUT2D eigenvalue weighted by atomic mass is 16.5. The summed E-state index contributed by atoms with van der Waals surface area (Å²) >= 11 is 0. The Bertz CT molecular complexity index is 876. The molecule has 0 saturated carbocycles. The molecule has 4 rings (SSSR count). The maximum Gasteiger partial charge on any atom is 0.274 e. The molecule has 138 valence electrons. The third-order valence-corrected chi connectivity index (χ3v) is 4.71. The van der Waals surface area contributed by atoms with E-state index in [0.29, 0.717) is 37.8 Å². The van der Waals surface area contributed by atoms with Gasteiger partial charge in [0.2, 0.25) is 0 Å². The first-order valence-electron chi connectivity index (χ1n) is 9.08. The smallest absolute Gasteiger partial charge is 0.274 e. The van der Waals surface area contributed by atoms with Gasteiger partial charge in [0.05, 0.1) is 13.2 Å². The minimum absolute atomic E-state index is 0.0644. The quantitative estimate of drug-likeness (QED) is 0.719. The molecule has 2 aromatic heterocycles. The number of nitrogens with zero attached hydrogens (tertiary/aromatic N) is 4. The fraction of sp³-hybridized carbons (Fsp3) is 0.286. The van der Waals surface area contributed by atoms with Crippen LogP contribution in [-0.4, -0.2) is 51.6 Å². The molecule has 0 aliphatic carbocycles. The van der Waals surface area contributed by atoms with Crippen LogP contribution in [0.2, 0.25) is 0 Å². The molecule has 27 heavy (non-hydrogen) atoms. The molecule has 0 atom stereocenters. The Morgan fingerprint density at radius 3 is 2.44 bits per heavy atom. The van der Waals surface area contributed by atoms with Crippen molar-refractivity contribution >= 4 is 5.91 Å². The summed E-state index contributed by atoms with van der Waals surface area (Å²) in [6, 6.07) is 12.1. The average Bonchev–Trinajstić information content (AvgIpc) is 3.14. The number of hydrogen-bond acceptors (Lipinski definition) is 4. The van der Waals surface area contributed by atoms with E-state index in [9.17, 15) is 4.79 Å². The van der Waals surface area contributed by atoms with Crippen molar-refractivity contribution < 1.29 is 9.53 Å². The monoisotopic (exact) mass is 362 g/mol. The van der Waals surface area contributed by atoms with Crippen molar-refractivity contribution in [3.63, 3.8) is 0 Å². The van der Waals surface area contributed by atoms with Gasteiger partial charge in [0.15, 0.2) is 0 Å². The van der Waals surface area contributed by atoms with Crippen LogP contribution in [0.4, 0.5) is 0 Å². The predicted octanol–water partition coefficient (Wildman–Crippen LogP) is 3.02. The number of rotatable bonds is 3. The van der Waals surface area contributed by atoms with E-state index in [-0.39, 0.29) is 5.91 Å². The van der Waals surface area contributed by atoms with Crippen LogP contribution in [0.15, 0.2) is 48.8 Å². The molecule has 0 spiro atoms. The molecule has 3 heterocycles. The van der Waals surface area contributed by atoms with E-state index in [4.69, 9.17) is 4.74 Å². The third kappa shape index (κ3) is 3.61. The van der Waals surface area contributed by atoms with Crippen molar-refractivity contribution in [3.8, 4) is 17.1 Å². The average molecular weight is 362 g/mol. The van der Waals surface area contributed by atoms with E-state index in [1.165, 1.54) is 5.56 Å². The van der Waals surface area contributed by atoms with E-state index in [1.807, 2.05) is 42.0 Å². The Hall–Kier alpha value is -2.99. The topological polar surface area (TPSA) is 60.2 Å². The zero-order chi connectivity index (χ0) is 18.8. The van der Waals surface area contributed by atoms with Crippen molar-refractivity contribution in [1.82, 2.24) is 19.4 Å². The van der Waals surface area contributed by atoms with Gasteiger partial charge in [0.1, 0.15) is 11.5 Å². The lowest BCUT2D eigenvalue weighted by atomic mass is 10.2. The van der Waals surface area contributed by atoms with Crippen LogP contribution in [0.1, 0.15) is 21.7 Å². The van der Waals surface area contributed by atoms with Gasteiger partial charge < -0.3 is 9.64 Å². The Labute approximate surface area is 158 Å². The van der Waals surface area contributed by atoms with E-state index >= 15 is 0 Å². The minimum atomic E-state index is -0.0644. The van der Waals surface area contributed by atoms with Gasteiger partial charge >= 0.3 is 0 Å². The molecule has 0 radical (unpaired) electrons. The van der Waals surface area contributed by atoms with E-state index in [2.05, 4.69) is 29.0 Å². The third-order valence-electron chi connectivity index (χ3n) is 4.71. The number of aryl methyl sites for hydroxylation is 2. The normalized spacial score (nSPS) is 14.4. The lowest BCUT2D eigenvalue weighted by molar-refractivity contribution is 0.0299. The van der Waals surface area contributed by atoms with Crippen LogP contribution in [0.5, 0.6) is 0 Å². The van der Waals surface area contributed by atoms with Crippen LogP contribution in [0, 0.1) is 13.8 Å². The molecule has 0 bridgehead atoms. The number of benzene rings is 1. The number of pyridine rings is 1. The van der Waals surface area contributed by atoms with Gasteiger partial charge in [-0.2, -0.15) is 0 Å². The van der Waals surface area contributed by atoms with E-state index in [1.54, 1.807) is 11.1 Å². The molecule has 3 aromatic rings. The number of amides is 1.